The third-order valence-corrected chi connectivity index (χ3v) is 4.94. The summed E-state index contributed by atoms with van der Waals surface area (Å²) in [5, 5.41) is 12.2. The van der Waals surface area contributed by atoms with Gasteiger partial charge in [-0.3, -0.25) is 9.59 Å². The molecule has 0 aliphatic heterocycles. The monoisotopic (exact) mass is 287 g/mol. The van der Waals surface area contributed by atoms with Gasteiger partial charge >= 0.3 is 5.97 Å². The van der Waals surface area contributed by atoms with E-state index in [1.807, 2.05) is 19.1 Å². The Labute approximate surface area is 124 Å². The van der Waals surface area contributed by atoms with Gasteiger partial charge in [-0.2, -0.15) is 0 Å². The second kappa shape index (κ2) is 5.51. The molecule has 4 heteroatoms. The van der Waals surface area contributed by atoms with E-state index in [1.165, 1.54) is 11.1 Å². The Bertz CT molecular complexity index is 569. The van der Waals surface area contributed by atoms with E-state index in [4.69, 9.17) is 0 Å². The minimum atomic E-state index is -0.839. The topological polar surface area (TPSA) is 66.4 Å². The van der Waals surface area contributed by atoms with E-state index in [1.54, 1.807) is 0 Å². The molecular weight excluding hydrogens is 266 g/mol. The maximum atomic E-state index is 12.3. The lowest BCUT2D eigenvalue weighted by Crippen LogP contribution is -2.39. The van der Waals surface area contributed by atoms with Crippen LogP contribution in [0.25, 0.3) is 0 Å². The van der Waals surface area contributed by atoms with Crippen LogP contribution < -0.4 is 5.32 Å². The fraction of sp³-hybridized carbons (Fsp3) is 0.529. The van der Waals surface area contributed by atoms with Gasteiger partial charge in [-0.1, -0.05) is 31.2 Å². The fourth-order valence-electron chi connectivity index (χ4n) is 3.75. The number of carboxylic acids is 1. The lowest BCUT2D eigenvalue weighted by atomic mass is 9.77. The molecule has 0 aromatic heterocycles. The molecule has 21 heavy (non-hydrogen) atoms. The van der Waals surface area contributed by atoms with Crippen molar-refractivity contribution in [2.75, 3.05) is 6.54 Å². The maximum Gasteiger partial charge on any atom is 0.307 e. The number of hydrogen-bond acceptors (Lipinski definition) is 2. The van der Waals surface area contributed by atoms with Crippen LogP contribution in [0.2, 0.25) is 0 Å². The summed E-state index contributed by atoms with van der Waals surface area (Å²) in [7, 11) is 0. The van der Waals surface area contributed by atoms with Crippen molar-refractivity contribution in [3.63, 3.8) is 0 Å². The van der Waals surface area contributed by atoms with Gasteiger partial charge < -0.3 is 10.4 Å². The number of carbonyl (C=O) groups is 2. The number of aliphatic carboxylic acids is 1. The molecule has 4 nitrogen and oxygen atoms in total. The Balaban J connectivity index is 1.57. The van der Waals surface area contributed by atoms with Gasteiger partial charge in [0, 0.05) is 12.5 Å². The van der Waals surface area contributed by atoms with Crippen LogP contribution in [0.4, 0.5) is 0 Å². The quantitative estimate of drug-likeness (QED) is 0.892. The second-order valence-electron chi connectivity index (χ2n) is 6.47. The molecular formula is C17H21NO3. The average molecular weight is 287 g/mol. The van der Waals surface area contributed by atoms with Crippen molar-refractivity contribution >= 4 is 11.9 Å². The first-order valence-electron chi connectivity index (χ1n) is 7.64. The molecule has 1 aromatic carbocycles. The average Bonchev–Trinajstić information content (AvgIpc) is 2.82. The fourth-order valence-corrected chi connectivity index (χ4v) is 3.75. The van der Waals surface area contributed by atoms with Crippen molar-refractivity contribution in [1.82, 2.24) is 5.32 Å². The number of carboxylic acid groups (broad SMARTS) is 1. The highest BCUT2D eigenvalue weighted by Crippen LogP contribution is 2.37. The Hall–Kier alpha value is -1.84. The number of benzene rings is 1. The van der Waals surface area contributed by atoms with Crippen molar-refractivity contribution in [3.8, 4) is 0 Å². The number of amides is 1. The summed E-state index contributed by atoms with van der Waals surface area (Å²) in [6.45, 7) is 2.64. The van der Waals surface area contributed by atoms with E-state index in [2.05, 4.69) is 17.4 Å². The molecule has 2 unspecified atom stereocenters. The van der Waals surface area contributed by atoms with Crippen LogP contribution in [-0.2, 0) is 16.0 Å². The minimum absolute atomic E-state index is 0.0869. The third kappa shape index (κ3) is 2.67. The van der Waals surface area contributed by atoms with Crippen LogP contribution >= 0.6 is 0 Å². The van der Waals surface area contributed by atoms with Crippen molar-refractivity contribution in [1.29, 1.82) is 0 Å². The van der Waals surface area contributed by atoms with Gasteiger partial charge in [-0.05, 0) is 36.3 Å². The van der Waals surface area contributed by atoms with Gasteiger partial charge in [0.05, 0.1) is 11.8 Å². The van der Waals surface area contributed by atoms with Gasteiger partial charge in [-0.25, -0.2) is 0 Å². The van der Waals surface area contributed by atoms with Gasteiger partial charge in [-0.15, -0.1) is 0 Å². The van der Waals surface area contributed by atoms with Gasteiger partial charge in [0.1, 0.15) is 0 Å². The Morgan fingerprint density at radius 1 is 1.24 bits per heavy atom. The highest BCUT2D eigenvalue weighted by atomic mass is 16.4. The molecule has 2 aliphatic carbocycles. The molecule has 2 aliphatic rings. The van der Waals surface area contributed by atoms with Crippen molar-refractivity contribution in [2.24, 2.45) is 17.8 Å². The number of nitrogens with one attached hydrogen (secondary N) is 1. The maximum absolute atomic E-state index is 12.3. The highest BCUT2D eigenvalue weighted by molar-refractivity contribution is 5.85. The van der Waals surface area contributed by atoms with E-state index in [9.17, 15) is 14.7 Å². The number of rotatable bonds is 4. The SMILES string of the molecule is CC1C[C@H](C(=O)NCC2Cc3ccccc32)[C@H](C(=O)O)C1. The van der Waals surface area contributed by atoms with Gasteiger partial charge in [0.25, 0.3) is 0 Å². The van der Waals surface area contributed by atoms with Crippen LogP contribution in [-0.4, -0.2) is 23.5 Å². The predicted molar refractivity (Wildman–Crippen MR) is 78.9 cm³/mol. The molecule has 1 aromatic rings. The van der Waals surface area contributed by atoms with Gasteiger partial charge in [0.2, 0.25) is 5.91 Å². The molecule has 1 amide bonds. The van der Waals surface area contributed by atoms with Crippen molar-refractivity contribution in [3.05, 3.63) is 35.4 Å². The standard InChI is InChI=1S/C17H21NO3/c1-10-6-14(15(7-10)17(20)21)16(19)18-9-12-8-11-4-2-3-5-13(11)12/h2-5,10,12,14-15H,6-9H2,1H3,(H,18,19)(H,20,21)/t10?,12?,14-,15+/m0/s1. The molecule has 0 spiro atoms. The zero-order chi connectivity index (χ0) is 15.0. The van der Waals surface area contributed by atoms with E-state index in [0.29, 0.717) is 31.2 Å². The van der Waals surface area contributed by atoms with E-state index in [-0.39, 0.29) is 11.8 Å². The van der Waals surface area contributed by atoms with Crippen LogP contribution in [0.5, 0.6) is 0 Å². The Kier molecular flexibility index (Phi) is 3.70. The second-order valence-corrected chi connectivity index (χ2v) is 6.47. The van der Waals surface area contributed by atoms with Gasteiger partial charge in [0.15, 0.2) is 0 Å². The lowest BCUT2D eigenvalue weighted by molar-refractivity contribution is -0.146. The zero-order valence-corrected chi connectivity index (χ0v) is 12.2. The molecule has 0 bridgehead atoms. The molecule has 0 radical (unpaired) electrons. The first-order valence-corrected chi connectivity index (χ1v) is 7.64. The Morgan fingerprint density at radius 3 is 2.67 bits per heavy atom. The number of carbonyl (C=O) groups excluding carboxylic acids is 1. The zero-order valence-electron chi connectivity index (χ0n) is 12.2. The first-order chi connectivity index (χ1) is 10.1. The smallest absolute Gasteiger partial charge is 0.307 e. The summed E-state index contributed by atoms with van der Waals surface area (Å²) in [5.74, 6) is -1.12. The molecule has 3 rings (SSSR count). The summed E-state index contributed by atoms with van der Waals surface area (Å²) in [4.78, 5) is 23.5. The van der Waals surface area contributed by atoms with Crippen molar-refractivity contribution < 1.29 is 14.7 Å². The summed E-state index contributed by atoms with van der Waals surface area (Å²) < 4.78 is 0. The summed E-state index contributed by atoms with van der Waals surface area (Å²) in [6, 6.07) is 8.27. The lowest BCUT2D eigenvalue weighted by Gasteiger charge is -2.30. The predicted octanol–water partition coefficient (Wildman–Crippen LogP) is 2.19. The largest absolute Gasteiger partial charge is 0.481 e. The molecule has 1 saturated carbocycles. The third-order valence-electron chi connectivity index (χ3n) is 4.94. The molecule has 0 saturated heterocycles. The summed E-state index contributed by atoms with van der Waals surface area (Å²) in [6.07, 6.45) is 2.30. The van der Waals surface area contributed by atoms with E-state index >= 15 is 0 Å². The number of fused-ring (bicyclic) bond motifs is 1. The minimum Gasteiger partial charge on any atom is -0.481 e. The molecule has 1 fully saturated rings. The first kappa shape index (κ1) is 14.1. The van der Waals surface area contributed by atoms with Crippen LogP contribution in [0.1, 0.15) is 36.8 Å². The van der Waals surface area contributed by atoms with Crippen LogP contribution in [0, 0.1) is 17.8 Å². The number of hydrogen-bond donors (Lipinski definition) is 2. The van der Waals surface area contributed by atoms with E-state index in [0.717, 1.165) is 6.42 Å². The normalized spacial score (nSPS) is 30.3. The summed E-state index contributed by atoms with van der Waals surface area (Å²) in [5.41, 5.74) is 2.67. The van der Waals surface area contributed by atoms with Crippen molar-refractivity contribution in [2.45, 2.75) is 32.1 Å². The van der Waals surface area contributed by atoms with Crippen LogP contribution in [0.15, 0.2) is 24.3 Å². The summed E-state index contributed by atoms with van der Waals surface area (Å²) >= 11 is 0. The van der Waals surface area contributed by atoms with E-state index < -0.39 is 11.9 Å². The molecule has 112 valence electrons. The highest BCUT2D eigenvalue weighted by Gasteiger charge is 2.41. The molecule has 2 N–H and O–H groups in total. The molecule has 0 heterocycles. The van der Waals surface area contributed by atoms with Crippen LogP contribution in [0.3, 0.4) is 0 Å². The Morgan fingerprint density at radius 2 is 1.95 bits per heavy atom. The molecule has 4 atom stereocenters.